The second-order valence-electron chi connectivity index (χ2n) is 5.64. The van der Waals surface area contributed by atoms with Crippen molar-refractivity contribution in [1.82, 2.24) is 0 Å². The van der Waals surface area contributed by atoms with Crippen molar-refractivity contribution in [2.75, 3.05) is 10.6 Å². The molecule has 2 rings (SSSR count). The Kier molecular flexibility index (Phi) is 5.52. The minimum Gasteiger partial charge on any atom is -0.326 e. The minimum atomic E-state index is -0.323. The van der Waals surface area contributed by atoms with Crippen LogP contribution in [0.4, 0.5) is 11.4 Å². The molecule has 0 unspecified atom stereocenters. The largest absolute Gasteiger partial charge is 0.326 e. The molecular formula is C19H22N2O2. The van der Waals surface area contributed by atoms with Crippen LogP contribution in [0.15, 0.2) is 42.5 Å². The molecule has 120 valence electrons. The predicted octanol–water partition coefficient (Wildman–Crippen LogP) is 3.83. The Morgan fingerprint density at radius 2 is 1.57 bits per heavy atom. The van der Waals surface area contributed by atoms with Crippen molar-refractivity contribution in [2.24, 2.45) is 0 Å². The van der Waals surface area contributed by atoms with Gasteiger partial charge in [0.25, 0.3) is 0 Å². The third-order valence-corrected chi connectivity index (χ3v) is 3.62. The summed E-state index contributed by atoms with van der Waals surface area (Å²) in [5.74, 6) is -0.642. The fourth-order valence-electron chi connectivity index (χ4n) is 2.32. The van der Waals surface area contributed by atoms with Gasteiger partial charge in [-0.25, -0.2) is 0 Å². The van der Waals surface area contributed by atoms with E-state index in [1.807, 2.05) is 56.3 Å². The lowest BCUT2D eigenvalue weighted by atomic mass is 10.1. The summed E-state index contributed by atoms with van der Waals surface area (Å²) in [6.07, 6.45) is 0.745. The number of carbonyl (C=O) groups excluding carboxylic acids is 2. The maximum absolute atomic E-state index is 12.0. The number of benzene rings is 2. The maximum Gasteiger partial charge on any atom is 0.233 e. The molecule has 0 heterocycles. The van der Waals surface area contributed by atoms with Crippen LogP contribution in [0.3, 0.4) is 0 Å². The van der Waals surface area contributed by atoms with Crippen molar-refractivity contribution < 1.29 is 9.59 Å². The lowest BCUT2D eigenvalue weighted by Gasteiger charge is -2.09. The Bertz CT molecular complexity index is 706. The molecule has 0 bridgehead atoms. The van der Waals surface area contributed by atoms with Gasteiger partial charge in [0.05, 0.1) is 0 Å². The highest BCUT2D eigenvalue weighted by atomic mass is 16.2. The molecule has 4 heteroatoms. The van der Waals surface area contributed by atoms with Gasteiger partial charge >= 0.3 is 0 Å². The van der Waals surface area contributed by atoms with E-state index in [2.05, 4.69) is 17.6 Å². The molecule has 0 saturated carbocycles. The Morgan fingerprint density at radius 3 is 2.17 bits per heavy atom. The number of hydrogen-bond donors (Lipinski definition) is 2. The van der Waals surface area contributed by atoms with Crippen molar-refractivity contribution >= 4 is 23.2 Å². The first-order valence-electron chi connectivity index (χ1n) is 7.74. The summed E-state index contributed by atoms with van der Waals surface area (Å²) in [7, 11) is 0. The molecule has 2 amide bonds. The Hall–Kier alpha value is -2.62. The first-order valence-corrected chi connectivity index (χ1v) is 7.74. The van der Waals surface area contributed by atoms with Gasteiger partial charge in [-0.15, -0.1) is 0 Å². The molecule has 2 aromatic rings. The Labute approximate surface area is 136 Å². The number of hydrogen-bond acceptors (Lipinski definition) is 2. The molecule has 0 aliphatic rings. The van der Waals surface area contributed by atoms with E-state index in [0.717, 1.165) is 23.2 Å². The molecule has 23 heavy (non-hydrogen) atoms. The topological polar surface area (TPSA) is 58.2 Å². The van der Waals surface area contributed by atoms with Gasteiger partial charge in [0.1, 0.15) is 6.42 Å². The van der Waals surface area contributed by atoms with E-state index in [-0.39, 0.29) is 18.2 Å². The third kappa shape index (κ3) is 4.95. The summed E-state index contributed by atoms with van der Waals surface area (Å²) < 4.78 is 0. The Morgan fingerprint density at radius 1 is 0.913 bits per heavy atom. The predicted molar refractivity (Wildman–Crippen MR) is 93.6 cm³/mol. The maximum atomic E-state index is 12.0. The molecule has 0 fully saturated rings. The smallest absolute Gasteiger partial charge is 0.233 e. The van der Waals surface area contributed by atoms with Crippen LogP contribution in [0.5, 0.6) is 0 Å². The fraction of sp³-hybridized carbons (Fsp3) is 0.263. The van der Waals surface area contributed by atoms with Gasteiger partial charge in [-0.3, -0.25) is 9.59 Å². The standard InChI is InChI=1S/C19H22N2O2/c1-4-15-6-8-16(9-7-15)20-18(22)12-19(23)21-17-10-5-13(2)11-14(17)3/h5-11H,4,12H2,1-3H3,(H,20,22)(H,21,23). The van der Waals surface area contributed by atoms with Crippen LogP contribution in [-0.2, 0) is 16.0 Å². The molecule has 2 N–H and O–H groups in total. The van der Waals surface area contributed by atoms with Crippen LogP contribution in [0.2, 0.25) is 0 Å². The number of nitrogens with one attached hydrogen (secondary N) is 2. The normalized spacial score (nSPS) is 10.2. The van der Waals surface area contributed by atoms with E-state index in [4.69, 9.17) is 0 Å². The lowest BCUT2D eigenvalue weighted by molar-refractivity contribution is -0.123. The van der Waals surface area contributed by atoms with Gasteiger partial charge < -0.3 is 10.6 Å². The van der Waals surface area contributed by atoms with E-state index in [1.165, 1.54) is 5.56 Å². The van der Waals surface area contributed by atoms with E-state index >= 15 is 0 Å². The number of anilines is 2. The van der Waals surface area contributed by atoms with Crippen molar-refractivity contribution in [2.45, 2.75) is 33.6 Å². The average Bonchev–Trinajstić information content (AvgIpc) is 2.50. The van der Waals surface area contributed by atoms with Crippen LogP contribution in [0, 0.1) is 13.8 Å². The van der Waals surface area contributed by atoms with Crippen molar-refractivity contribution in [3.8, 4) is 0 Å². The molecule has 0 atom stereocenters. The van der Waals surface area contributed by atoms with Gasteiger partial charge in [-0.2, -0.15) is 0 Å². The molecule has 0 spiro atoms. The van der Waals surface area contributed by atoms with Crippen LogP contribution < -0.4 is 10.6 Å². The van der Waals surface area contributed by atoms with E-state index in [9.17, 15) is 9.59 Å². The molecule has 0 aromatic heterocycles. The molecule has 0 saturated heterocycles. The zero-order chi connectivity index (χ0) is 16.8. The number of aryl methyl sites for hydroxylation is 3. The van der Waals surface area contributed by atoms with E-state index in [0.29, 0.717) is 5.69 Å². The van der Waals surface area contributed by atoms with Gasteiger partial charge in [0, 0.05) is 11.4 Å². The number of carbonyl (C=O) groups is 2. The summed E-state index contributed by atoms with van der Waals surface area (Å²) in [5, 5.41) is 5.51. The Balaban J connectivity index is 1.90. The quantitative estimate of drug-likeness (QED) is 0.825. The second kappa shape index (κ2) is 7.58. The first-order chi connectivity index (χ1) is 11.0. The summed E-state index contributed by atoms with van der Waals surface area (Å²) in [6.45, 7) is 6.00. The monoisotopic (exact) mass is 310 g/mol. The molecule has 2 aromatic carbocycles. The molecular weight excluding hydrogens is 288 g/mol. The second-order valence-corrected chi connectivity index (χ2v) is 5.64. The van der Waals surface area contributed by atoms with E-state index < -0.39 is 0 Å². The highest BCUT2D eigenvalue weighted by Crippen LogP contribution is 2.16. The highest BCUT2D eigenvalue weighted by molar-refractivity contribution is 6.08. The number of rotatable bonds is 5. The van der Waals surface area contributed by atoms with Crippen LogP contribution in [0.1, 0.15) is 30.0 Å². The van der Waals surface area contributed by atoms with Crippen molar-refractivity contribution in [3.63, 3.8) is 0 Å². The van der Waals surface area contributed by atoms with Crippen LogP contribution in [-0.4, -0.2) is 11.8 Å². The molecule has 0 radical (unpaired) electrons. The summed E-state index contributed by atoms with van der Waals surface area (Å²) >= 11 is 0. The van der Waals surface area contributed by atoms with Gasteiger partial charge in [0.15, 0.2) is 0 Å². The van der Waals surface area contributed by atoms with Crippen LogP contribution in [0.25, 0.3) is 0 Å². The van der Waals surface area contributed by atoms with Gasteiger partial charge in [0.2, 0.25) is 11.8 Å². The van der Waals surface area contributed by atoms with Gasteiger partial charge in [-0.05, 0) is 49.6 Å². The van der Waals surface area contributed by atoms with Crippen molar-refractivity contribution in [1.29, 1.82) is 0 Å². The van der Waals surface area contributed by atoms with Gasteiger partial charge in [-0.1, -0.05) is 36.8 Å². The van der Waals surface area contributed by atoms with Crippen molar-refractivity contribution in [3.05, 3.63) is 59.2 Å². The molecule has 0 aliphatic heterocycles. The highest BCUT2D eigenvalue weighted by Gasteiger charge is 2.11. The average molecular weight is 310 g/mol. The summed E-state index contributed by atoms with van der Waals surface area (Å²) in [6, 6.07) is 13.4. The number of amides is 2. The molecule has 0 aliphatic carbocycles. The molecule has 4 nitrogen and oxygen atoms in total. The van der Waals surface area contributed by atoms with E-state index in [1.54, 1.807) is 0 Å². The summed E-state index contributed by atoms with van der Waals surface area (Å²) in [4.78, 5) is 23.9. The van der Waals surface area contributed by atoms with Crippen LogP contribution >= 0.6 is 0 Å². The zero-order valence-electron chi connectivity index (χ0n) is 13.8. The SMILES string of the molecule is CCc1ccc(NC(=O)CC(=O)Nc2ccc(C)cc2C)cc1. The lowest BCUT2D eigenvalue weighted by Crippen LogP contribution is -2.21. The minimum absolute atomic E-state index is 0.206. The summed E-state index contributed by atoms with van der Waals surface area (Å²) in [5.41, 5.74) is 4.76. The fourth-order valence-corrected chi connectivity index (χ4v) is 2.32. The first kappa shape index (κ1) is 16.7. The third-order valence-electron chi connectivity index (χ3n) is 3.62. The zero-order valence-corrected chi connectivity index (χ0v) is 13.8.